The SMILES string of the molecule is Cc1cnc(NC(=O)OCCNCc2cccc(F)c2Cl)cc1C. The maximum Gasteiger partial charge on any atom is 0.412 e. The number of benzene rings is 1. The average molecular weight is 352 g/mol. The summed E-state index contributed by atoms with van der Waals surface area (Å²) < 4.78 is 18.3. The van der Waals surface area contributed by atoms with E-state index in [9.17, 15) is 9.18 Å². The van der Waals surface area contributed by atoms with Crippen molar-refractivity contribution in [3.63, 3.8) is 0 Å². The number of carbonyl (C=O) groups is 1. The molecule has 0 saturated heterocycles. The zero-order valence-corrected chi connectivity index (χ0v) is 14.3. The number of hydrogen-bond acceptors (Lipinski definition) is 4. The minimum Gasteiger partial charge on any atom is -0.448 e. The van der Waals surface area contributed by atoms with Crippen LogP contribution in [-0.4, -0.2) is 24.2 Å². The van der Waals surface area contributed by atoms with Crippen LogP contribution in [0.15, 0.2) is 30.5 Å². The van der Waals surface area contributed by atoms with E-state index in [-0.39, 0.29) is 11.6 Å². The van der Waals surface area contributed by atoms with Gasteiger partial charge in [-0.15, -0.1) is 0 Å². The van der Waals surface area contributed by atoms with Gasteiger partial charge in [-0.1, -0.05) is 23.7 Å². The summed E-state index contributed by atoms with van der Waals surface area (Å²) in [6.45, 7) is 4.86. The summed E-state index contributed by atoms with van der Waals surface area (Å²) >= 11 is 5.85. The Kier molecular flexibility index (Phi) is 6.52. The Labute approximate surface area is 145 Å². The fourth-order valence-electron chi connectivity index (χ4n) is 1.96. The fraction of sp³-hybridized carbons (Fsp3) is 0.294. The van der Waals surface area contributed by atoms with Gasteiger partial charge in [-0.2, -0.15) is 0 Å². The van der Waals surface area contributed by atoms with Crippen LogP contribution in [0.5, 0.6) is 0 Å². The third kappa shape index (κ3) is 5.18. The van der Waals surface area contributed by atoms with Gasteiger partial charge in [0, 0.05) is 19.3 Å². The van der Waals surface area contributed by atoms with E-state index in [4.69, 9.17) is 16.3 Å². The van der Waals surface area contributed by atoms with Crippen LogP contribution in [-0.2, 0) is 11.3 Å². The average Bonchev–Trinajstić information content (AvgIpc) is 2.54. The Morgan fingerprint density at radius 3 is 2.88 bits per heavy atom. The van der Waals surface area contributed by atoms with E-state index in [2.05, 4.69) is 15.6 Å². The number of anilines is 1. The van der Waals surface area contributed by atoms with Gasteiger partial charge in [0.15, 0.2) is 0 Å². The molecule has 1 aromatic heterocycles. The quantitative estimate of drug-likeness (QED) is 0.776. The van der Waals surface area contributed by atoms with Gasteiger partial charge >= 0.3 is 6.09 Å². The number of halogens is 2. The number of aromatic nitrogens is 1. The number of carbonyl (C=O) groups excluding carboxylic acids is 1. The van der Waals surface area contributed by atoms with Crippen molar-refractivity contribution >= 4 is 23.5 Å². The molecule has 5 nitrogen and oxygen atoms in total. The van der Waals surface area contributed by atoms with E-state index in [1.54, 1.807) is 24.4 Å². The third-order valence-corrected chi connectivity index (χ3v) is 3.88. The number of rotatable bonds is 6. The number of amides is 1. The zero-order valence-electron chi connectivity index (χ0n) is 13.5. The molecule has 0 radical (unpaired) electrons. The Bertz CT molecular complexity index is 725. The third-order valence-electron chi connectivity index (χ3n) is 3.46. The maximum absolute atomic E-state index is 13.3. The van der Waals surface area contributed by atoms with Crippen molar-refractivity contribution in [3.8, 4) is 0 Å². The highest BCUT2D eigenvalue weighted by atomic mass is 35.5. The molecule has 1 aromatic carbocycles. The lowest BCUT2D eigenvalue weighted by Gasteiger charge is -2.09. The molecule has 2 N–H and O–H groups in total. The molecule has 0 aliphatic rings. The number of nitrogens with zero attached hydrogens (tertiary/aromatic N) is 1. The van der Waals surface area contributed by atoms with Crippen molar-refractivity contribution in [2.24, 2.45) is 0 Å². The molecule has 1 heterocycles. The second-order valence-corrected chi connectivity index (χ2v) is 5.68. The molecule has 2 rings (SSSR count). The number of hydrogen-bond donors (Lipinski definition) is 2. The van der Waals surface area contributed by atoms with E-state index < -0.39 is 11.9 Å². The largest absolute Gasteiger partial charge is 0.448 e. The predicted molar refractivity (Wildman–Crippen MR) is 91.8 cm³/mol. The molecular weight excluding hydrogens is 333 g/mol. The lowest BCUT2D eigenvalue weighted by molar-refractivity contribution is 0.162. The van der Waals surface area contributed by atoms with Gasteiger partial charge < -0.3 is 10.1 Å². The number of pyridine rings is 1. The van der Waals surface area contributed by atoms with Crippen LogP contribution in [0.3, 0.4) is 0 Å². The first kappa shape index (κ1) is 18.2. The normalized spacial score (nSPS) is 10.5. The molecule has 0 unspecified atom stereocenters. The molecule has 0 aliphatic heterocycles. The fourth-order valence-corrected chi connectivity index (χ4v) is 2.15. The maximum atomic E-state index is 13.3. The Morgan fingerprint density at radius 2 is 2.12 bits per heavy atom. The van der Waals surface area contributed by atoms with E-state index in [1.807, 2.05) is 13.8 Å². The summed E-state index contributed by atoms with van der Waals surface area (Å²) in [6.07, 6.45) is 1.12. The van der Waals surface area contributed by atoms with Crippen LogP contribution in [0, 0.1) is 19.7 Å². The second-order valence-electron chi connectivity index (χ2n) is 5.30. The first-order chi connectivity index (χ1) is 11.5. The van der Waals surface area contributed by atoms with Gasteiger partial charge in [-0.3, -0.25) is 5.32 Å². The minimum absolute atomic E-state index is 0.101. The molecule has 2 aromatic rings. The van der Waals surface area contributed by atoms with Crippen molar-refractivity contribution in [2.75, 3.05) is 18.5 Å². The summed E-state index contributed by atoms with van der Waals surface area (Å²) in [5, 5.41) is 5.70. The molecule has 0 aliphatic carbocycles. The van der Waals surface area contributed by atoms with Gasteiger partial charge in [0.1, 0.15) is 18.2 Å². The van der Waals surface area contributed by atoms with E-state index >= 15 is 0 Å². The van der Waals surface area contributed by atoms with Gasteiger partial charge in [0.2, 0.25) is 0 Å². The first-order valence-corrected chi connectivity index (χ1v) is 7.86. The van der Waals surface area contributed by atoms with Crippen LogP contribution in [0.2, 0.25) is 5.02 Å². The van der Waals surface area contributed by atoms with Crippen LogP contribution < -0.4 is 10.6 Å². The summed E-state index contributed by atoms with van der Waals surface area (Å²) in [6, 6.07) is 6.41. The van der Waals surface area contributed by atoms with Crippen LogP contribution in [0.4, 0.5) is 15.0 Å². The number of ether oxygens (including phenoxy) is 1. The second kappa shape index (κ2) is 8.61. The Balaban J connectivity index is 1.69. The minimum atomic E-state index is -0.573. The van der Waals surface area contributed by atoms with Crippen LogP contribution in [0.1, 0.15) is 16.7 Å². The molecule has 0 fully saturated rings. The van der Waals surface area contributed by atoms with Crippen molar-refractivity contribution in [1.82, 2.24) is 10.3 Å². The molecule has 0 atom stereocenters. The molecule has 0 spiro atoms. The number of nitrogens with one attached hydrogen (secondary N) is 2. The summed E-state index contributed by atoms with van der Waals surface area (Å²) in [5.41, 5.74) is 2.74. The highest BCUT2D eigenvalue weighted by molar-refractivity contribution is 6.31. The van der Waals surface area contributed by atoms with Crippen LogP contribution in [0.25, 0.3) is 0 Å². The lowest BCUT2D eigenvalue weighted by Crippen LogP contribution is -2.23. The first-order valence-electron chi connectivity index (χ1n) is 7.48. The zero-order chi connectivity index (χ0) is 17.5. The summed E-state index contributed by atoms with van der Waals surface area (Å²) in [4.78, 5) is 15.8. The van der Waals surface area contributed by atoms with E-state index in [0.29, 0.717) is 24.5 Å². The van der Waals surface area contributed by atoms with Crippen molar-refractivity contribution in [3.05, 3.63) is 58.0 Å². The topological polar surface area (TPSA) is 63.2 Å². The monoisotopic (exact) mass is 351 g/mol. The molecular formula is C17H19ClFN3O2. The van der Waals surface area contributed by atoms with Gasteiger partial charge in [-0.05, 0) is 42.7 Å². The van der Waals surface area contributed by atoms with Gasteiger partial charge in [0.25, 0.3) is 0 Å². The smallest absolute Gasteiger partial charge is 0.412 e. The highest BCUT2D eigenvalue weighted by Gasteiger charge is 2.06. The Hall–Kier alpha value is -2.18. The molecule has 0 bridgehead atoms. The lowest BCUT2D eigenvalue weighted by atomic mass is 10.2. The number of aryl methyl sites for hydroxylation is 2. The summed E-state index contributed by atoms with van der Waals surface area (Å²) in [5.74, 6) is -0.00455. The van der Waals surface area contributed by atoms with Crippen molar-refractivity contribution in [1.29, 1.82) is 0 Å². The van der Waals surface area contributed by atoms with Gasteiger partial charge in [0.05, 0.1) is 5.02 Å². The van der Waals surface area contributed by atoms with Crippen molar-refractivity contribution < 1.29 is 13.9 Å². The highest BCUT2D eigenvalue weighted by Crippen LogP contribution is 2.19. The molecule has 0 saturated carbocycles. The molecule has 128 valence electrons. The predicted octanol–water partition coefficient (Wildman–Crippen LogP) is 3.83. The van der Waals surface area contributed by atoms with Gasteiger partial charge in [-0.25, -0.2) is 14.2 Å². The van der Waals surface area contributed by atoms with Crippen LogP contribution >= 0.6 is 11.6 Å². The van der Waals surface area contributed by atoms with E-state index in [1.165, 1.54) is 6.07 Å². The molecule has 24 heavy (non-hydrogen) atoms. The molecule has 7 heteroatoms. The Morgan fingerprint density at radius 1 is 1.33 bits per heavy atom. The van der Waals surface area contributed by atoms with Crippen molar-refractivity contribution in [2.45, 2.75) is 20.4 Å². The van der Waals surface area contributed by atoms with E-state index in [0.717, 1.165) is 11.1 Å². The summed E-state index contributed by atoms with van der Waals surface area (Å²) in [7, 11) is 0. The molecule has 1 amide bonds. The standard InChI is InChI=1S/C17H19ClFN3O2/c1-11-8-15(21-9-12(11)2)22-17(23)24-7-6-20-10-13-4-3-5-14(19)16(13)18/h3-5,8-9,20H,6-7,10H2,1-2H3,(H,21,22,23).